The average Bonchev–Trinajstić information content (AvgIpc) is 2.83. The highest BCUT2D eigenvalue weighted by molar-refractivity contribution is 5.90. The summed E-state index contributed by atoms with van der Waals surface area (Å²) in [6.07, 6.45) is -0.635. The van der Waals surface area contributed by atoms with E-state index in [9.17, 15) is 22.4 Å². The maximum Gasteiger partial charge on any atom is 0.573 e. The normalized spacial score (nSPS) is 11.4. The third kappa shape index (κ3) is 10.6. The topological polar surface area (TPSA) is 55.3 Å². The van der Waals surface area contributed by atoms with Gasteiger partial charge in [0.05, 0.1) is 12.2 Å². The Morgan fingerprint density at radius 2 is 1.78 bits per heavy atom. The van der Waals surface area contributed by atoms with Crippen LogP contribution in [0, 0.1) is 18.8 Å². The van der Waals surface area contributed by atoms with Gasteiger partial charge in [0.1, 0.15) is 17.4 Å². The minimum atomic E-state index is -4.72. The number of carbonyl (C=O) groups excluding carboxylic acids is 1. The van der Waals surface area contributed by atoms with Crippen molar-refractivity contribution >= 4 is 11.6 Å². The van der Waals surface area contributed by atoms with Crippen LogP contribution in [0.5, 0.6) is 5.75 Å². The summed E-state index contributed by atoms with van der Waals surface area (Å²) < 4.78 is 52.8. The molecule has 0 aliphatic rings. The van der Waals surface area contributed by atoms with E-state index in [2.05, 4.69) is 37.0 Å². The molecule has 5 nitrogen and oxygen atoms in total. The van der Waals surface area contributed by atoms with Gasteiger partial charge in [0, 0.05) is 31.0 Å². The van der Waals surface area contributed by atoms with E-state index in [1.807, 2.05) is 18.9 Å². The van der Waals surface area contributed by atoms with Gasteiger partial charge in [-0.25, -0.2) is 14.4 Å². The molecule has 1 unspecified atom stereocenters. The zero-order valence-electron chi connectivity index (χ0n) is 22.3. The van der Waals surface area contributed by atoms with Crippen LogP contribution in [0.1, 0.15) is 70.7 Å². The molecule has 9 heteroatoms. The summed E-state index contributed by atoms with van der Waals surface area (Å²) in [4.78, 5) is 21.4. The van der Waals surface area contributed by atoms with Crippen molar-refractivity contribution in [3.8, 4) is 28.8 Å². The van der Waals surface area contributed by atoms with E-state index in [-0.39, 0.29) is 11.7 Å². The van der Waals surface area contributed by atoms with Crippen molar-refractivity contribution in [3.05, 3.63) is 48.1 Å². The van der Waals surface area contributed by atoms with Crippen molar-refractivity contribution in [1.29, 1.82) is 0 Å². The Morgan fingerprint density at radius 1 is 1.19 bits per heavy atom. The summed E-state index contributed by atoms with van der Waals surface area (Å²) in [5.41, 5.74) is 2.29. The second-order valence-electron chi connectivity index (χ2n) is 8.44. The van der Waals surface area contributed by atoms with Crippen LogP contribution in [0.25, 0.3) is 11.3 Å². The van der Waals surface area contributed by atoms with Gasteiger partial charge < -0.3 is 9.64 Å². The van der Waals surface area contributed by atoms with E-state index >= 15 is 0 Å². The number of ether oxygens (including phenoxy) is 1. The molecular weight excluding hydrogens is 486 g/mol. The molecule has 0 bridgehead atoms. The molecule has 0 aliphatic heterocycles. The summed E-state index contributed by atoms with van der Waals surface area (Å²) in [6, 6.07) is 5.82. The quantitative estimate of drug-likeness (QED) is 0.184. The highest BCUT2D eigenvalue weighted by Crippen LogP contribution is 2.33. The number of unbranched alkanes of at least 4 members (excludes halogenated alkanes) is 1. The van der Waals surface area contributed by atoms with Gasteiger partial charge in [-0.15, -0.1) is 19.1 Å². The number of benzene rings is 1. The number of Topliss-reactive ketones (excluding diaryl/α,β-unsaturated/α-hetero) is 1. The molecule has 2 rings (SSSR count). The molecule has 0 radical (unpaired) electrons. The minimum Gasteiger partial charge on any atom is -0.406 e. The van der Waals surface area contributed by atoms with Gasteiger partial charge in [-0.3, -0.25) is 4.79 Å². The average molecular weight is 522 g/mol. The van der Waals surface area contributed by atoms with Gasteiger partial charge in [-0.2, -0.15) is 0 Å². The number of hydrogen-bond acceptors (Lipinski definition) is 5. The Labute approximate surface area is 217 Å². The lowest BCUT2D eigenvalue weighted by atomic mass is 9.97. The fourth-order valence-electron chi connectivity index (χ4n) is 3.41. The molecule has 0 aliphatic carbocycles. The highest BCUT2D eigenvalue weighted by Gasteiger charge is 2.31. The number of alkyl halides is 3. The number of hydrogen-bond donors (Lipinski definition) is 0. The van der Waals surface area contributed by atoms with Crippen LogP contribution in [-0.2, 0) is 4.79 Å². The van der Waals surface area contributed by atoms with Gasteiger partial charge in [-0.05, 0) is 51.0 Å². The Balaban J connectivity index is 0.00000102. The first-order valence-electron chi connectivity index (χ1n) is 12.0. The van der Waals surface area contributed by atoms with Gasteiger partial charge >= 0.3 is 6.36 Å². The molecule has 0 saturated carbocycles. The molecule has 202 valence electrons. The Kier molecular flexibility index (Phi) is 12.8. The first kappa shape index (κ1) is 31.6. The molecule has 1 atom stereocenters. The maximum absolute atomic E-state index is 12.5. The summed E-state index contributed by atoms with van der Waals surface area (Å²) in [6.45, 7) is 12.4. The van der Waals surface area contributed by atoms with Gasteiger partial charge in [0.25, 0.3) is 0 Å². The van der Waals surface area contributed by atoms with Crippen LogP contribution in [0.2, 0.25) is 0 Å². The Morgan fingerprint density at radius 3 is 2.24 bits per heavy atom. The summed E-state index contributed by atoms with van der Waals surface area (Å²) in [7, 11) is 1.93. The summed E-state index contributed by atoms with van der Waals surface area (Å²) in [5.74, 6) is 5.98. The third-order valence-corrected chi connectivity index (χ3v) is 5.50. The second-order valence-corrected chi connectivity index (χ2v) is 8.44. The van der Waals surface area contributed by atoms with E-state index in [1.54, 1.807) is 19.1 Å². The Hall–Kier alpha value is -3.41. The smallest absolute Gasteiger partial charge is 0.406 e. The van der Waals surface area contributed by atoms with Crippen molar-refractivity contribution in [1.82, 2.24) is 9.97 Å². The number of nitrogens with zero attached hydrogens (tertiary/aromatic N) is 3. The van der Waals surface area contributed by atoms with Gasteiger partial charge in [0.2, 0.25) is 0 Å². The molecule has 37 heavy (non-hydrogen) atoms. The van der Waals surface area contributed by atoms with E-state index in [0.717, 1.165) is 55.4 Å². The molecule has 1 aromatic carbocycles. The number of rotatable bonds is 10. The van der Waals surface area contributed by atoms with E-state index in [1.165, 1.54) is 12.1 Å². The van der Waals surface area contributed by atoms with Crippen molar-refractivity contribution in [2.24, 2.45) is 0 Å². The molecule has 0 fully saturated rings. The SMILES string of the molecule is C=C(F)C(C)=O.CC#CCN(C)c1nc(C(CC)CCCC)nc(-c2ccc(OC(F)(F)F)cc2)c1C. The van der Waals surface area contributed by atoms with Crippen molar-refractivity contribution in [2.45, 2.75) is 72.6 Å². The van der Waals surface area contributed by atoms with Crippen LogP contribution >= 0.6 is 0 Å². The predicted molar refractivity (Wildman–Crippen MR) is 139 cm³/mol. The number of allylic oxidation sites excluding steroid dienone is 1. The fourth-order valence-corrected chi connectivity index (χ4v) is 3.41. The number of ketones is 1. The highest BCUT2D eigenvalue weighted by atomic mass is 19.4. The van der Waals surface area contributed by atoms with Crippen LogP contribution in [0.3, 0.4) is 0 Å². The largest absolute Gasteiger partial charge is 0.573 e. The molecule has 2 aromatic rings. The Bertz CT molecular complexity index is 1090. The van der Waals surface area contributed by atoms with Crippen LogP contribution < -0.4 is 9.64 Å². The number of carbonyl (C=O) groups is 1. The molecule has 0 amide bonds. The fraction of sp³-hybridized carbons (Fsp3) is 0.464. The standard InChI is InChI=1S/C24H30F3N3O.C4H5FO/c1-6-9-11-18(8-3)22-28-21(17(4)23(29-22)30(5)16-10-7-2)19-12-14-20(15-13-19)31-24(25,26)27;1-3(5)4(2)6/h12-15,18H,6,8-9,11,16H2,1-5H3;1H2,2H3. The molecule has 0 saturated heterocycles. The molecule has 1 heterocycles. The summed E-state index contributed by atoms with van der Waals surface area (Å²) in [5, 5.41) is 0. The van der Waals surface area contributed by atoms with E-state index in [0.29, 0.717) is 12.2 Å². The van der Waals surface area contributed by atoms with Crippen LogP contribution in [0.4, 0.5) is 23.4 Å². The van der Waals surface area contributed by atoms with Crippen molar-refractivity contribution < 1.29 is 27.1 Å². The molecule has 0 spiro atoms. The van der Waals surface area contributed by atoms with Crippen molar-refractivity contribution in [2.75, 3.05) is 18.5 Å². The molecule has 0 N–H and O–H groups in total. The summed E-state index contributed by atoms with van der Waals surface area (Å²) >= 11 is 0. The lowest BCUT2D eigenvalue weighted by Crippen LogP contribution is -2.22. The van der Waals surface area contributed by atoms with Crippen LogP contribution in [-0.4, -0.2) is 35.7 Å². The first-order chi connectivity index (χ1) is 17.3. The van der Waals surface area contributed by atoms with E-state index in [4.69, 9.17) is 9.97 Å². The maximum atomic E-state index is 12.5. The monoisotopic (exact) mass is 521 g/mol. The predicted octanol–water partition coefficient (Wildman–Crippen LogP) is 7.55. The van der Waals surface area contributed by atoms with Crippen molar-refractivity contribution in [3.63, 3.8) is 0 Å². The zero-order valence-corrected chi connectivity index (χ0v) is 22.3. The molecule has 1 aromatic heterocycles. The lowest BCUT2D eigenvalue weighted by Gasteiger charge is -2.23. The van der Waals surface area contributed by atoms with Gasteiger partial charge in [0.15, 0.2) is 11.6 Å². The van der Waals surface area contributed by atoms with Gasteiger partial charge in [-0.1, -0.05) is 39.2 Å². The number of halogens is 4. The minimum absolute atomic E-state index is 0.219. The lowest BCUT2D eigenvalue weighted by molar-refractivity contribution is -0.274. The first-order valence-corrected chi connectivity index (χ1v) is 12.0. The number of anilines is 1. The molecular formula is C28H35F4N3O2. The van der Waals surface area contributed by atoms with E-state index < -0.39 is 18.0 Å². The number of aromatic nitrogens is 2. The third-order valence-electron chi connectivity index (χ3n) is 5.50. The second kappa shape index (κ2) is 15.0. The van der Waals surface area contributed by atoms with Crippen LogP contribution in [0.15, 0.2) is 36.7 Å². The zero-order chi connectivity index (χ0) is 28.2.